The molecule has 544 valence electrons. The Bertz CT molecular complexity index is 3960. The van der Waals surface area contributed by atoms with E-state index in [-0.39, 0.29) is 50.3 Å². The van der Waals surface area contributed by atoms with Crippen LogP contribution in [-0.2, 0) is 58.3 Å². The van der Waals surface area contributed by atoms with Gasteiger partial charge in [-0.25, -0.2) is 35.2 Å². The molecule has 8 rings (SSSR count). The lowest BCUT2D eigenvalue weighted by Crippen LogP contribution is -2.62. The number of hydrogen-bond donors (Lipinski definition) is 7. The van der Waals surface area contributed by atoms with Crippen LogP contribution in [0.2, 0.25) is 5.02 Å². The van der Waals surface area contributed by atoms with Crippen molar-refractivity contribution in [3.63, 3.8) is 0 Å². The minimum atomic E-state index is -3.94. The second kappa shape index (κ2) is 31.2. The lowest BCUT2D eigenvalue weighted by molar-refractivity contribution is -0.143. The molecule has 4 aromatic rings. The van der Waals surface area contributed by atoms with Gasteiger partial charge < -0.3 is 50.4 Å². The maximum Gasteiger partial charge on any atom is 0.408 e. The molecule has 26 nitrogen and oxygen atoms in total. The number of nitrogens with zero attached hydrogens (tertiary/aromatic N) is 4. The van der Waals surface area contributed by atoms with Gasteiger partial charge in [-0.15, -0.1) is 13.2 Å². The van der Waals surface area contributed by atoms with E-state index in [0.717, 1.165) is 0 Å². The number of rotatable bonds is 20. The van der Waals surface area contributed by atoms with Gasteiger partial charge in [0.15, 0.2) is 0 Å². The number of hydrogen-bond acceptors (Lipinski definition) is 18. The smallest absolute Gasteiger partial charge is 0.408 e. The first-order chi connectivity index (χ1) is 45.6. The van der Waals surface area contributed by atoms with Crippen molar-refractivity contribution in [3.8, 4) is 5.75 Å². The van der Waals surface area contributed by atoms with E-state index in [0.29, 0.717) is 52.5 Å². The fourth-order valence-corrected chi connectivity index (χ4v) is 13.7. The number of aromatic nitrogens is 2. The Labute approximate surface area is 582 Å². The van der Waals surface area contributed by atoms with Crippen molar-refractivity contribution < 1.29 is 83.3 Å². The minimum absolute atomic E-state index is 0.0494. The van der Waals surface area contributed by atoms with Crippen molar-refractivity contribution in [2.75, 3.05) is 13.1 Å². The van der Waals surface area contributed by atoms with Crippen molar-refractivity contribution in [1.82, 2.24) is 50.5 Å². The SMILES string of the molecule is C=CC[C@@](C)(NC(=O)[C@@H]1C[C@@H](O)CN1C(=O)[C@@H](NC(=O)OC(C)(C)C)C(C)(C)C)C(=O)NS(=O)(=O)C1CC1.C=CC[C@@](C)(NC(=O)[C@@H]1C[C@@H](Oc2ccnc3ccc(F)cc23)CN1C(=O)[C@@H](NC(=O)OC(C)(C)C)C(C)(C)C)C(=O)NS(=O)(=O)C1CC1.Fc1ccc2nccc(Cl)c2c1. The molecule has 2 aliphatic heterocycles. The molecule has 0 radical (unpaired) electrons. The number of aliphatic hydroxyl groups excluding tert-OH is 1. The van der Waals surface area contributed by atoms with Gasteiger partial charge in [0, 0.05) is 42.6 Å². The highest BCUT2D eigenvalue weighted by Crippen LogP contribution is 2.35. The van der Waals surface area contributed by atoms with Crippen LogP contribution in [0, 0.1) is 22.5 Å². The molecule has 0 spiro atoms. The molecule has 8 atom stereocenters. The molecule has 4 fully saturated rings. The molecule has 4 aliphatic rings. The number of amides is 8. The summed E-state index contributed by atoms with van der Waals surface area (Å²) >= 11 is 5.82. The third kappa shape index (κ3) is 22.0. The molecule has 0 unspecified atom stereocenters. The highest BCUT2D eigenvalue weighted by molar-refractivity contribution is 7.91. The maximum absolute atomic E-state index is 14.3. The molecule has 4 heterocycles. The van der Waals surface area contributed by atoms with Crippen molar-refractivity contribution in [2.24, 2.45) is 10.8 Å². The Balaban J connectivity index is 0.000000272. The first kappa shape index (κ1) is 79.9. The second-order valence-corrected chi connectivity index (χ2v) is 34.0. The topological polar surface area (TPSA) is 357 Å². The minimum Gasteiger partial charge on any atom is -0.488 e. The zero-order chi connectivity index (χ0) is 74.3. The van der Waals surface area contributed by atoms with Gasteiger partial charge in [-0.3, -0.25) is 48.2 Å². The summed E-state index contributed by atoms with van der Waals surface area (Å²) in [5, 5.41) is 21.1. The molecule has 2 aliphatic carbocycles. The molecular formula is C68H93ClF2N10O16S2. The van der Waals surface area contributed by atoms with Crippen LogP contribution in [-0.4, -0.2) is 172 Å². The molecule has 2 aromatic heterocycles. The van der Waals surface area contributed by atoms with Gasteiger partial charge in [0.2, 0.25) is 43.7 Å². The molecule has 2 aromatic carbocycles. The normalized spacial score (nSPS) is 19.9. The van der Waals surface area contributed by atoms with Gasteiger partial charge in [-0.2, -0.15) is 0 Å². The van der Waals surface area contributed by atoms with Crippen molar-refractivity contribution in [2.45, 2.75) is 217 Å². The molecule has 7 N–H and O–H groups in total. The van der Waals surface area contributed by atoms with Crippen LogP contribution in [0.25, 0.3) is 21.8 Å². The number of nitrogens with one attached hydrogen (secondary N) is 6. The van der Waals surface area contributed by atoms with Gasteiger partial charge in [0.25, 0.3) is 11.8 Å². The standard InChI is InChI=1S/C34H46FN5O8S.C25H42N4O8S.C9H5ClFN/c1-9-15-34(8,30(43)39-49(45,46)22-11-12-22)38-28(41)25-18-21(47-26-14-16-36-24-13-10-20(35)17-23(24)26)19-40(25)29(42)27(32(2,3)4)37-31(44)48-33(5,6)7;1-9-12-25(8,21(33)28-38(35,36)16-10-11-16)27-19(31)17-13-15(30)14-29(17)20(32)18(23(2,3)4)26-22(34)37-24(5,6)7;10-8-3-4-12-9-2-1-6(11)5-7(8)9/h9-10,13-14,16-17,21-22,25,27H,1,11-12,15,18-19H2,2-8H3,(H,37,44)(H,38,41)(H,39,43);9,15-18,30H,1,10-14H2,2-8H3,(H,26,34)(H,27,31)(H,28,33);1-5H/t21-,25+,27-,34-;15-,17+,18-,25-;/m11./s1. The Morgan fingerprint density at radius 2 is 1.00 bits per heavy atom. The number of benzene rings is 2. The van der Waals surface area contributed by atoms with E-state index in [1.54, 1.807) is 107 Å². The molecule has 8 amide bonds. The Morgan fingerprint density at radius 3 is 1.40 bits per heavy atom. The van der Waals surface area contributed by atoms with E-state index in [2.05, 4.69) is 49.1 Å². The number of ether oxygens (including phenoxy) is 3. The van der Waals surface area contributed by atoms with Crippen LogP contribution in [0.15, 0.2) is 86.2 Å². The number of pyridine rings is 2. The highest BCUT2D eigenvalue weighted by atomic mass is 35.5. The number of aliphatic hydroxyl groups is 1. The van der Waals surface area contributed by atoms with Gasteiger partial charge >= 0.3 is 12.2 Å². The third-order valence-corrected chi connectivity index (χ3v) is 20.1. The van der Waals surface area contributed by atoms with Crippen LogP contribution in [0.5, 0.6) is 5.75 Å². The highest BCUT2D eigenvalue weighted by Gasteiger charge is 2.51. The van der Waals surface area contributed by atoms with Gasteiger partial charge in [-0.1, -0.05) is 65.3 Å². The summed E-state index contributed by atoms with van der Waals surface area (Å²) in [6.45, 7) is 30.3. The molecule has 99 heavy (non-hydrogen) atoms. The number of alkyl carbamates (subject to hydrolysis) is 2. The quantitative estimate of drug-likeness (QED) is 0.0417. The number of fused-ring (bicyclic) bond motifs is 2. The molecular weight excluding hydrogens is 1350 g/mol. The predicted octanol–water partition coefficient (Wildman–Crippen LogP) is 7.70. The fraction of sp³-hybridized carbons (Fsp3) is 0.559. The van der Waals surface area contributed by atoms with Crippen LogP contribution in [0.3, 0.4) is 0 Å². The zero-order valence-corrected chi connectivity index (χ0v) is 60.7. The van der Waals surface area contributed by atoms with Crippen molar-refractivity contribution in [1.29, 1.82) is 0 Å². The number of β-amino-alcohol motifs (C(OH)–C–C–N with tert-alkyl or cyclic N) is 1. The van der Waals surface area contributed by atoms with E-state index in [1.165, 1.54) is 72.3 Å². The van der Waals surface area contributed by atoms with E-state index in [9.17, 15) is 69.1 Å². The van der Waals surface area contributed by atoms with E-state index in [4.69, 9.17) is 25.8 Å². The van der Waals surface area contributed by atoms with Crippen LogP contribution >= 0.6 is 11.6 Å². The summed E-state index contributed by atoms with van der Waals surface area (Å²) in [5.41, 5.74) is -5.51. The summed E-state index contributed by atoms with van der Waals surface area (Å²) in [4.78, 5) is 118. The lowest BCUT2D eigenvalue weighted by Gasteiger charge is -2.36. The van der Waals surface area contributed by atoms with Gasteiger partial charge in [0.1, 0.15) is 69.9 Å². The summed E-state index contributed by atoms with van der Waals surface area (Å²) in [5.74, 6) is -5.10. The first-order valence-corrected chi connectivity index (χ1v) is 35.7. The summed E-state index contributed by atoms with van der Waals surface area (Å²) < 4.78 is 97.9. The van der Waals surface area contributed by atoms with Crippen LogP contribution in [0.1, 0.15) is 148 Å². The van der Waals surface area contributed by atoms with E-state index >= 15 is 0 Å². The molecule has 2 saturated heterocycles. The Kier molecular flexibility index (Phi) is 25.2. The average molecular weight is 1440 g/mol. The summed E-state index contributed by atoms with van der Waals surface area (Å²) in [6.07, 6.45) is 3.81. The first-order valence-electron chi connectivity index (χ1n) is 32.3. The predicted molar refractivity (Wildman–Crippen MR) is 367 cm³/mol. The lowest BCUT2D eigenvalue weighted by atomic mass is 9.85. The molecule has 31 heteroatoms. The van der Waals surface area contributed by atoms with Gasteiger partial charge in [-0.05, 0) is 153 Å². The van der Waals surface area contributed by atoms with Crippen molar-refractivity contribution >= 4 is 101 Å². The maximum atomic E-state index is 14.3. The number of likely N-dealkylation sites (tertiary alicyclic amines) is 2. The van der Waals surface area contributed by atoms with Gasteiger partial charge in [0.05, 0.1) is 39.2 Å². The van der Waals surface area contributed by atoms with Crippen LogP contribution in [0.4, 0.5) is 18.4 Å². The summed E-state index contributed by atoms with van der Waals surface area (Å²) in [6, 6.07) is 6.96. The average Bonchev–Trinajstić information content (AvgIpc) is 1.71. The second-order valence-electron chi connectivity index (χ2n) is 29.7. The molecule has 2 saturated carbocycles. The number of sulfonamides is 2. The zero-order valence-electron chi connectivity index (χ0n) is 58.3. The Morgan fingerprint density at radius 1 is 0.606 bits per heavy atom. The molecule has 0 bridgehead atoms. The summed E-state index contributed by atoms with van der Waals surface area (Å²) in [7, 11) is -7.81. The van der Waals surface area contributed by atoms with E-state index in [1.807, 2.05) is 4.72 Å². The third-order valence-electron chi connectivity index (χ3n) is 16.2. The Hall–Kier alpha value is -8.09. The van der Waals surface area contributed by atoms with Crippen molar-refractivity contribution in [3.05, 3.63) is 103 Å². The number of carbonyl (C=O) groups is 8. The number of carbonyl (C=O) groups excluding carboxylic acids is 8. The van der Waals surface area contributed by atoms with Crippen LogP contribution < -0.4 is 35.4 Å². The largest absolute Gasteiger partial charge is 0.488 e. The van der Waals surface area contributed by atoms with E-state index < -0.39 is 153 Å². The fourth-order valence-electron chi connectivity index (χ4n) is 10.7. The monoisotopic (exact) mass is 1440 g/mol. The number of halogens is 3.